The average molecular weight is 212 g/mol. The minimum absolute atomic E-state index is 0.0535. The second-order valence-corrected chi connectivity index (χ2v) is 4.34. The zero-order valence-corrected chi connectivity index (χ0v) is 8.42. The van der Waals surface area contributed by atoms with E-state index in [0.717, 1.165) is 18.8 Å². The molecule has 1 aromatic heterocycles. The highest BCUT2D eigenvalue weighted by Gasteiger charge is 2.03. The third-order valence-corrected chi connectivity index (χ3v) is 3.30. The second kappa shape index (κ2) is 4.50. The average Bonchev–Trinajstić information content (AvgIpc) is 2.71. The van der Waals surface area contributed by atoms with Gasteiger partial charge < -0.3 is 9.83 Å². The van der Waals surface area contributed by atoms with Crippen molar-refractivity contribution >= 4 is 22.0 Å². The van der Waals surface area contributed by atoms with E-state index >= 15 is 0 Å². The zero-order valence-electron chi connectivity index (χ0n) is 7.60. The fourth-order valence-electron chi connectivity index (χ4n) is 1.13. The van der Waals surface area contributed by atoms with Crippen molar-refractivity contribution in [3.8, 4) is 0 Å². The van der Waals surface area contributed by atoms with Crippen molar-refractivity contribution < 1.29 is 5.11 Å². The summed E-state index contributed by atoms with van der Waals surface area (Å²) in [6.07, 6.45) is 2.53. The molecule has 0 amide bonds. The summed E-state index contributed by atoms with van der Waals surface area (Å²) >= 11 is 0. The number of hydrogen-bond acceptors (Lipinski definition) is 5. The molecule has 6 heteroatoms. The van der Waals surface area contributed by atoms with Gasteiger partial charge in [-0.2, -0.15) is 0 Å². The van der Waals surface area contributed by atoms with Crippen LogP contribution in [0, 0.1) is 0 Å². The largest absolute Gasteiger partial charge is 0.390 e. The van der Waals surface area contributed by atoms with Gasteiger partial charge in [0, 0.05) is 12.6 Å². The second-order valence-electron chi connectivity index (χ2n) is 2.84. The van der Waals surface area contributed by atoms with Crippen LogP contribution < -0.4 is 9.44 Å². The Morgan fingerprint density at radius 1 is 1.57 bits per heavy atom. The minimum atomic E-state index is -0.0854. The summed E-state index contributed by atoms with van der Waals surface area (Å²) in [5.74, 6) is 0.748. The molecule has 2 heterocycles. The van der Waals surface area contributed by atoms with Crippen LogP contribution in [0.5, 0.6) is 0 Å². The lowest BCUT2D eigenvalue weighted by atomic mass is 10.4. The first-order valence-electron chi connectivity index (χ1n) is 4.37. The normalized spacial score (nSPS) is 20.5. The van der Waals surface area contributed by atoms with E-state index < -0.39 is 0 Å². The number of nitrogens with zero attached hydrogens (tertiary/aromatic N) is 2. The summed E-state index contributed by atoms with van der Waals surface area (Å²) in [5, 5.41) is 11.1. The summed E-state index contributed by atoms with van der Waals surface area (Å²) in [6.45, 7) is 0.955. The summed E-state index contributed by atoms with van der Waals surface area (Å²) in [6, 6.07) is 1.75. The molecular weight excluding hydrogens is 200 g/mol. The van der Waals surface area contributed by atoms with Crippen molar-refractivity contribution in [2.24, 2.45) is 0 Å². The van der Waals surface area contributed by atoms with Gasteiger partial charge in [-0.15, -0.1) is 0 Å². The molecule has 0 spiro atoms. The summed E-state index contributed by atoms with van der Waals surface area (Å²) in [4.78, 5) is 7.97. The summed E-state index contributed by atoms with van der Waals surface area (Å²) in [5.41, 5.74) is 0.630. The van der Waals surface area contributed by atoms with Crippen LogP contribution in [0.25, 0.3) is 0 Å². The van der Waals surface area contributed by atoms with E-state index in [1.165, 1.54) is 6.33 Å². The van der Waals surface area contributed by atoms with Gasteiger partial charge in [0.25, 0.3) is 0 Å². The molecule has 0 saturated carbocycles. The first kappa shape index (κ1) is 9.57. The van der Waals surface area contributed by atoms with Crippen LogP contribution in [0.1, 0.15) is 12.1 Å². The molecule has 14 heavy (non-hydrogen) atoms. The SMILES string of the molecule is OCc1cc(NS2=CCCN2)ncn1. The van der Waals surface area contributed by atoms with Gasteiger partial charge in [-0.3, -0.25) is 4.72 Å². The zero-order chi connectivity index (χ0) is 9.80. The number of nitrogens with one attached hydrogen (secondary N) is 2. The standard InChI is InChI=1S/C8H12N4OS/c13-5-7-4-8(10-6-9-7)12-14-3-1-2-11-14/h3-4,6,11,13H,1-2,5H2,(H,9,10,12). The van der Waals surface area contributed by atoms with E-state index in [1.807, 2.05) is 0 Å². The maximum Gasteiger partial charge on any atom is 0.140 e. The summed E-state index contributed by atoms with van der Waals surface area (Å²) in [7, 11) is -0.0854. The Bertz CT molecular complexity index is 355. The maximum atomic E-state index is 8.88. The van der Waals surface area contributed by atoms with Crippen molar-refractivity contribution in [2.45, 2.75) is 13.0 Å². The molecule has 2 rings (SSSR count). The van der Waals surface area contributed by atoms with E-state index in [1.54, 1.807) is 6.07 Å². The molecule has 1 aromatic rings. The highest BCUT2D eigenvalue weighted by atomic mass is 32.2. The Kier molecular flexibility index (Phi) is 3.07. The Morgan fingerprint density at radius 2 is 2.50 bits per heavy atom. The monoisotopic (exact) mass is 212 g/mol. The van der Waals surface area contributed by atoms with Crippen molar-refractivity contribution in [1.82, 2.24) is 14.7 Å². The molecule has 0 fully saturated rings. The molecular formula is C8H12N4OS. The third-order valence-electron chi connectivity index (χ3n) is 1.79. The molecule has 0 aromatic carbocycles. The van der Waals surface area contributed by atoms with Crippen LogP contribution in [0.4, 0.5) is 5.82 Å². The van der Waals surface area contributed by atoms with Gasteiger partial charge in [0.2, 0.25) is 0 Å². The number of aliphatic hydroxyl groups is 1. The van der Waals surface area contributed by atoms with E-state index in [-0.39, 0.29) is 17.5 Å². The van der Waals surface area contributed by atoms with E-state index in [0.29, 0.717) is 5.69 Å². The van der Waals surface area contributed by atoms with Gasteiger partial charge in [-0.25, -0.2) is 9.97 Å². The molecule has 0 saturated heterocycles. The number of hydrogen-bond donors (Lipinski definition) is 3. The molecule has 1 unspecified atom stereocenters. The smallest absolute Gasteiger partial charge is 0.140 e. The van der Waals surface area contributed by atoms with Gasteiger partial charge >= 0.3 is 0 Å². The topological polar surface area (TPSA) is 70.1 Å². The molecule has 1 aliphatic heterocycles. The Morgan fingerprint density at radius 3 is 3.21 bits per heavy atom. The Hall–Kier alpha value is -0.980. The first-order valence-corrected chi connectivity index (χ1v) is 5.65. The van der Waals surface area contributed by atoms with Gasteiger partial charge in [-0.1, -0.05) is 0 Å². The van der Waals surface area contributed by atoms with Crippen LogP contribution in [-0.4, -0.2) is 27.0 Å². The summed E-state index contributed by atoms with van der Waals surface area (Å²) < 4.78 is 6.50. The van der Waals surface area contributed by atoms with Crippen molar-refractivity contribution in [3.05, 3.63) is 18.1 Å². The number of aromatic nitrogens is 2. The van der Waals surface area contributed by atoms with Crippen LogP contribution in [0.2, 0.25) is 0 Å². The molecule has 0 aliphatic carbocycles. The third kappa shape index (κ3) is 2.28. The molecule has 1 atom stereocenters. The van der Waals surface area contributed by atoms with Crippen LogP contribution in [0.3, 0.4) is 0 Å². The predicted molar refractivity (Wildman–Crippen MR) is 57.9 cm³/mol. The Labute approximate surface area is 84.8 Å². The number of rotatable bonds is 3. The maximum absolute atomic E-state index is 8.88. The number of anilines is 1. The van der Waals surface area contributed by atoms with Crippen molar-refractivity contribution in [2.75, 3.05) is 11.3 Å². The first-order chi connectivity index (χ1) is 6.88. The molecule has 76 valence electrons. The van der Waals surface area contributed by atoms with Crippen LogP contribution >= 0.6 is 10.9 Å². The van der Waals surface area contributed by atoms with E-state index in [2.05, 4.69) is 24.8 Å². The predicted octanol–water partition coefficient (Wildman–Crippen LogP) is 0.275. The lowest BCUT2D eigenvalue weighted by molar-refractivity contribution is 0.276. The lowest BCUT2D eigenvalue weighted by Crippen LogP contribution is -2.06. The van der Waals surface area contributed by atoms with Gasteiger partial charge in [0.1, 0.15) is 12.1 Å². The lowest BCUT2D eigenvalue weighted by Gasteiger charge is -2.07. The number of aliphatic hydroxyl groups excluding tert-OH is 1. The molecule has 0 radical (unpaired) electrons. The highest BCUT2D eigenvalue weighted by Crippen LogP contribution is 2.15. The van der Waals surface area contributed by atoms with Gasteiger partial charge in [0.05, 0.1) is 12.3 Å². The Balaban J connectivity index is 2.08. The molecule has 0 bridgehead atoms. The quantitative estimate of drug-likeness (QED) is 0.628. The van der Waals surface area contributed by atoms with Gasteiger partial charge in [0.15, 0.2) is 0 Å². The van der Waals surface area contributed by atoms with E-state index in [9.17, 15) is 0 Å². The van der Waals surface area contributed by atoms with Crippen LogP contribution in [-0.2, 0) is 6.61 Å². The molecule has 1 aliphatic rings. The fraction of sp³-hybridized carbons (Fsp3) is 0.375. The van der Waals surface area contributed by atoms with Crippen molar-refractivity contribution in [3.63, 3.8) is 0 Å². The molecule has 5 nitrogen and oxygen atoms in total. The van der Waals surface area contributed by atoms with Crippen LogP contribution in [0.15, 0.2) is 12.4 Å². The molecule has 3 N–H and O–H groups in total. The fourth-order valence-corrected chi connectivity index (χ4v) is 2.44. The minimum Gasteiger partial charge on any atom is -0.390 e. The van der Waals surface area contributed by atoms with Gasteiger partial charge in [-0.05, 0) is 22.6 Å². The van der Waals surface area contributed by atoms with Crippen molar-refractivity contribution in [1.29, 1.82) is 0 Å². The van der Waals surface area contributed by atoms with E-state index in [4.69, 9.17) is 5.11 Å². The highest BCUT2D eigenvalue weighted by molar-refractivity contribution is 8.14.